The minimum absolute atomic E-state index is 0.0178. The van der Waals surface area contributed by atoms with Gasteiger partial charge in [0.05, 0.1) is 19.5 Å². The van der Waals surface area contributed by atoms with Gasteiger partial charge in [0.25, 0.3) is 5.91 Å². The highest BCUT2D eigenvalue weighted by Gasteiger charge is 2.25. The number of rotatable bonds is 3. The number of hydrogen-bond donors (Lipinski definition) is 0. The second-order valence-electron chi connectivity index (χ2n) is 6.01. The molecule has 25 heavy (non-hydrogen) atoms. The van der Waals surface area contributed by atoms with Crippen LogP contribution in [0.3, 0.4) is 0 Å². The van der Waals surface area contributed by atoms with Gasteiger partial charge >= 0.3 is 0 Å². The maximum Gasteiger partial charge on any atom is 0.265 e. The zero-order valence-corrected chi connectivity index (χ0v) is 14.9. The molecule has 7 heteroatoms. The van der Waals surface area contributed by atoms with E-state index in [4.69, 9.17) is 4.74 Å². The van der Waals surface area contributed by atoms with Crippen molar-refractivity contribution in [1.82, 2.24) is 19.7 Å². The first-order valence-electron chi connectivity index (χ1n) is 8.04. The van der Waals surface area contributed by atoms with Crippen molar-refractivity contribution in [1.29, 1.82) is 0 Å². The average molecular weight is 354 g/mol. The minimum Gasteiger partial charge on any atom is -0.496 e. The molecule has 2 aromatic heterocycles. The van der Waals surface area contributed by atoms with Gasteiger partial charge in [-0.15, -0.1) is 11.3 Å². The van der Waals surface area contributed by atoms with Crippen molar-refractivity contribution in [3.63, 3.8) is 0 Å². The maximum atomic E-state index is 12.9. The minimum atomic E-state index is 0.0178. The summed E-state index contributed by atoms with van der Waals surface area (Å²) in [5, 5.41) is 4.97. The number of fused-ring (bicyclic) bond motifs is 1. The molecule has 0 saturated heterocycles. The molecule has 0 fully saturated rings. The van der Waals surface area contributed by atoms with Crippen LogP contribution in [0.2, 0.25) is 0 Å². The summed E-state index contributed by atoms with van der Waals surface area (Å²) in [6.45, 7) is 1.28. The number of hydrogen-bond acceptors (Lipinski definition) is 5. The van der Waals surface area contributed by atoms with Gasteiger partial charge in [-0.05, 0) is 18.1 Å². The van der Waals surface area contributed by atoms with Gasteiger partial charge in [-0.1, -0.05) is 12.1 Å². The number of thiazole rings is 1. The van der Waals surface area contributed by atoms with Crippen LogP contribution in [0.4, 0.5) is 0 Å². The highest BCUT2D eigenvalue weighted by atomic mass is 32.1. The first-order valence-corrected chi connectivity index (χ1v) is 8.86. The maximum absolute atomic E-state index is 12.9. The molecule has 1 aromatic carbocycles. The molecule has 1 amide bonds. The van der Waals surface area contributed by atoms with E-state index >= 15 is 0 Å². The number of nitrogens with zero attached hydrogens (tertiary/aromatic N) is 4. The van der Waals surface area contributed by atoms with E-state index in [1.54, 1.807) is 24.2 Å². The van der Waals surface area contributed by atoms with Gasteiger partial charge in [-0.25, -0.2) is 4.98 Å². The van der Waals surface area contributed by atoms with E-state index in [0.717, 1.165) is 28.3 Å². The number of amides is 1. The SMILES string of the molecule is COc1cccc2c1CN(C(=O)c1cnc(-c3cnn(C)c3)s1)CC2. The fourth-order valence-corrected chi connectivity index (χ4v) is 3.97. The van der Waals surface area contributed by atoms with Crippen LogP contribution >= 0.6 is 11.3 Å². The number of aryl methyl sites for hydroxylation is 1. The number of aromatic nitrogens is 3. The third-order valence-electron chi connectivity index (χ3n) is 4.41. The number of methoxy groups -OCH3 is 1. The van der Waals surface area contributed by atoms with Crippen molar-refractivity contribution in [3.05, 3.63) is 52.8 Å². The van der Waals surface area contributed by atoms with Crippen LogP contribution < -0.4 is 4.74 Å². The summed E-state index contributed by atoms with van der Waals surface area (Å²) >= 11 is 1.41. The molecular formula is C18H18N4O2S. The normalized spacial score (nSPS) is 13.6. The van der Waals surface area contributed by atoms with E-state index < -0.39 is 0 Å². The van der Waals surface area contributed by atoms with Crippen molar-refractivity contribution >= 4 is 17.2 Å². The molecule has 3 aromatic rings. The highest BCUT2D eigenvalue weighted by molar-refractivity contribution is 7.16. The Morgan fingerprint density at radius 2 is 2.20 bits per heavy atom. The number of ether oxygens (including phenoxy) is 1. The Labute approximate surface area is 149 Å². The van der Waals surface area contributed by atoms with Crippen LogP contribution in [0.25, 0.3) is 10.6 Å². The summed E-state index contributed by atoms with van der Waals surface area (Å²) in [4.78, 5) is 19.8. The Morgan fingerprint density at radius 3 is 2.96 bits per heavy atom. The average Bonchev–Trinajstić information content (AvgIpc) is 3.29. The summed E-state index contributed by atoms with van der Waals surface area (Å²) in [7, 11) is 3.53. The summed E-state index contributed by atoms with van der Waals surface area (Å²) in [5.74, 6) is 0.861. The van der Waals surface area contributed by atoms with Crippen LogP contribution in [0.1, 0.15) is 20.8 Å². The predicted molar refractivity (Wildman–Crippen MR) is 95.8 cm³/mol. The molecule has 3 heterocycles. The lowest BCUT2D eigenvalue weighted by Gasteiger charge is -2.29. The molecule has 1 aliphatic heterocycles. The van der Waals surface area contributed by atoms with Crippen LogP contribution in [-0.2, 0) is 20.0 Å². The summed E-state index contributed by atoms with van der Waals surface area (Å²) < 4.78 is 7.18. The Morgan fingerprint density at radius 1 is 1.32 bits per heavy atom. The molecular weight excluding hydrogens is 336 g/mol. The Balaban J connectivity index is 1.57. The van der Waals surface area contributed by atoms with E-state index in [1.165, 1.54) is 16.9 Å². The molecule has 128 valence electrons. The third kappa shape index (κ3) is 2.91. The molecule has 0 aliphatic carbocycles. The number of carbonyl (C=O) groups excluding carboxylic acids is 1. The third-order valence-corrected chi connectivity index (χ3v) is 5.44. The predicted octanol–water partition coefficient (Wildman–Crippen LogP) is 2.75. The van der Waals surface area contributed by atoms with Crippen molar-refractivity contribution < 1.29 is 9.53 Å². The van der Waals surface area contributed by atoms with E-state index in [0.29, 0.717) is 18.0 Å². The van der Waals surface area contributed by atoms with Crippen LogP contribution in [-0.4, -0.2) is 39.2 Å². The molecule has 6 nitrogen and oxygen atoms in total. The smallest absolute Gasteiger partial charge is 0.265 e. The van der Waals surface area contributed by atoms with Gasteiger partial charge in [0.1, 0.15) is 15.6 Å². The van der Waals surface area contributed by atoms with E-state index in [2.05, 4.69) is 16.1 Å². The van der Waals surface area contributed by atoms with Gasteiger partial charge in [0.15, 0.2) is 0 Å². The van der Waals surface area contributed by atoms with Crippen LogP contribution in [0.15, 0.2) is 36.8 Å². The molecule has 0 atom stereocenters. The Hall–Kier alpha value is -2.67. The Kier molecular flexibility index (Phi) is 4.01. The molecule has 1 aliphatic rings. The molecule has 0 saturated carbocycles. The lowest BCUT2D eigenvalue weighted by molar-refractivity contribution is 0.0738. The van der Waals surface area contributed by atoms with Gasteiger partial charge < -0.3 is 9.64 Å². The topological polar surface area (TPSA) is 60.2 Å². The highest BCUT2D eigenvalue weighted by Crippen LogP contribution is 2.30. The van der Waals surface area contributed by atoms with E-state index in [1.807, 2.05) is 30.3 Å². The largest absolute Gasteiger partial charge is 0.496 e. The van der Waals surface area contributed by atoms with Crippen LogP contribution in [0.5, 0.6) is 5.75 Å². The van der Waals surface area contributed by atoms with Crippen LogP contribution in [0, 0.1) is 0 Å². The molecule has 0 unspecified atom stereocenters. The van der Waals surface area contributed by atoms with Crippen molar-refractivity contribution in [2.75, 3.05) is 13.7 Å². The fraction of sp³-hybridized carbons (Fsp3) is 0.278. The Bertz CT molecular complexity index is 917. The molecule has 0 N–H and O–H groups in total. The lowest BCUT2D eigenvalue weighted by Crippen LogP contribution is -2.35. The van der Waals surface area contributed by atoms with E-state index in [-0.39, 0.29) is 5.91 Å². The monoisotopic (exact) mass is 354 g/mol. The van der Waals surface area contributed by atoms with Gasteiger partial charge in [0.2, 0.25) is 0 Å². The first-order chi connectivity index (χ1) is 12.2. The zero-order valence-electron chi connectivity index (χ0n) is 14.1. The van der Waals surface area contributed by atoms with E-state index in [9.17, 15) is 4.79 Å². The quantitative estimate of drug-likeness (QED) is 0.726. The molecule has 4 rings (SSSR count). The molecule has 0 radical (unpaired) electrons. The fourth-order valence-electron chi connectivity index (χ4n) is 3.11. The van der Waals surface area contributed by atoms with Gasteiger partial charge in [-0.3, -0.25) is 9.48 Å². The van der Waals surface area contributed by atoms with Gasteiger partial charge in [-0.2, -0.15) is 5.10 Å². The van der Waals surface area contributed by atoms with Gasteiger partial charge in [0, 0.05) is 37.5 Å². The number of benzene rings is 1. The standard InChI is InChI=1S/C18H18N4O2S/c1-21-10-13(8-20-21)17-19-9-16(25-17)18(23)22-7-6-12-4-3-5-15(24-2)14(12)11-22/h3-5,8-10H,6-7,11H2,1-2H3. The van der Waals surface area contributed by atoms with Crippen molar-refractivity contribution in [3.8, 4) is 16.3 Å². The lowest BCUT2D eigenvalue weighted by atomic mass is 9.98. The second-order valence-corrected chi connectivity index (χ2v) is 7.04. The summed E-state index contributed by atoms with van der Waals surface area (Å²) in [5.41, 5.74) is 3.28. The van der Waals surface area contributed by atoms with Crippen molar-refractivity contribution in [2.45, 2.75) is 13.0 Å². The number of carbonyl (C=O) groups is 1. The van der Waals surface area contributed by atoms with Crippen molar-refractivity contribution in [2.24, 2.45) is 7.05 Å². The zero-order chi connectivity index (χ0) is 17.4. The summed E-state index contributed by atoms with van der Waals surface area (Å²) in [6, 6.07) is 6.05. The second kappa shape index (κ2) is 6.33. The summed E-state index contributed by atoms with van der Waals surface area (Å²) in [6.07, 6.45) is 6.16. The molecule has 0 bridgehead atoms. The first kappa shape index (κ1) is 15.8. The molecule has 0 spiro atoms.